The van der Waals surface area contributed by atoms with Crippen LogP contribution in [-0.4, -0.2) is 49.1 Å². The third-order valence-electron chi connectivity index (χ3n) is 3.37. The van der Waals surface area contributed by atoms with Gasteiger partial charge in [-0.25, -0.2) is 0 Å². The van der Waals surface area contributed by atoms with E-state index in [0.29, 0.717) is 11.3 Å². The fourth-order valence-electron chi connectivity index (χ4n) is 2.24. The van der Waals surface area contributed by atoms with Crippen molar-refractivity contribution in [2.45, 2.75) is 18.9 Å². The number of pyridine rings is 1. The summed E-state index contributed by atoms with van der Waals surface area (Å²) in [7, 11) is 3.40. The van der Waals surface area contributed by atoms with Crippen molar-refractivity contribution in [3.05, 3.63) is 24.0 Å². The molecule has 2 heterocycles. The molecule has 1 aromatic heterocycles. The van der Waals surface area contributed by atoms with Crippen molar-refractivity contribution < 1.29 is 9.53 Å². The normalized spacial score (nSPS) is 19.3. The Labute approximate surface area is 107 Å². The van der Waals surface area contributed by atoms with Crippen LogP contribution in [0.15, 0.2) is 18.5 Å². The lowest BCUT2D eigenvalue weighted by atomic mass is 10.1. The van der Waals surface area contributed by atoms with Crippen LogP contribution in [0.3, 0.4) is 0 Å². The molecule has 2 rings (SSSR count). The molecule has 0 radical (unpaired) electrons. The number of ether oxygens (including phenoxy) is 1. The van der Waals surface area contributed by atoms with Crippen LogP contribution >= 0.6 is 0 Å². The number of hydrogen-bond donors (Lipinski definition) is 1. The van der Waals surface area contributed by atoms with Gasteiger partial charge in [-0.05, 0) is 25.5 Å². The Balaban J connectivity index is 2.14. The molecule has 1 aromatic rings. The van der Waals surface area contributed by atoms with E-state index in [-0.39, 0.29) is 11.9 Å². The average molecular weight is 249 g/mol. The standard InChI is InChI=1S/C13H19N3O2/c1-16(10-4-3-6-14-8-10)13(17)11-5-7-15-9-12(11)18-2/h5,7,9-10,14H,3-4,6,8H2,1-2H3. The third-order valence-corrected chi connectivity index (χ3v) is 3.37. The Bertz CT molecular complexity index is 416. The summed E-state index contributed by atoms with van der Waals surface area (Å²) in [5.74, 6) is 0.515. The van der Waals surface area contributed by atoms with Crippen LogP contribution in [0.5, 0.6) is 5.75 Å². The fourth-order valence-corrected chi connectivity index (χ4v) is 2.24. The summed E-state index contributed by atoms with van der Waals surface area (Å²) in [6.07, 6.45) is 5.33. The van der Waals surface area contributed by atoms with Crippen molar-refractivity contribution >= 4 is 5.91 Å². The Kier molecular flexibility index (Phi) is 4.15. The van der Waals surface area contributed by atoms with Gasteiger partial charge in [-0.2, -0.15) is 0 Å². The number of rotatable bonds is 3. The summed E-state index contributed by atoms with van der Waals surface area (Å²) < 4.78 is 5.18. The van der Waals surface area contributed by atoms with Gasteiger partial charge < -0.3 is 15.0 Å². The number of nitrogens with zero attached hydrogens (tertiary/aromatic N) is 2. The van der Waals surface area contributed by atoms with Gasteiger partial charge in [-0.1, -0.05) is 0 Å². The predicted molar refractivity (Wildman–Crippen MR) is 68.8 cm³/mol. The number of aromatic nitrogens is 1. The molecular formula is C13H19N3O2. The Morgan fingerprint density at radius 1 is 1.61 bits per heavy atom. The van der Waals surface area contributed by atoms with Gasteiger partial charge in [0.1, 0.15) is 5.75 Å². The first-order valence-corrected chi connectivity index (χ1v) is 6.20. The minimum Gasteiger partial charge on any atom is -0.494 e. The topological polar surface area (TPSA) is 54.5 Å². The average Bonchev–Trinajstić information content (AvgIpc) is 2.46. The highest BCUT2D eigenvalue weighted by Gasteiger charge is 2.24. The molecule has 0 saturated carbocycles. The Morgan fingerprint density at radius 2 is 2.44 bits per heavy atom. The van der Waals surface area contributed by atoms with Crippen molar-refractivity contribution in [1.82, 2.24) is 15.2 Å². The summed E-state index contributed by atoms with van der Waals surface area (Å²) >= 11 is 0. The molecule has 1 aliphatic heterocycles. The van der Waals surface area contributed by atoms with Gasteiger partial charge in [-0.3, -0.25) is 9.78 Å². The maximum atomic E-state index is 12.4. The molecular weight excluding hydrogens is 230 g/mol. The zero-order valence-electron chi connectivity index (χ0n) is 10.8. The first-order chi connectivity index (χ1) is 8.74. The first kappa shape index (κ1) is 12.8. The van der Waals surface area contributed by atoms with E-state index in [4.69, 9.17) is 4.74 Å². The second kappa shape index (κ2) is 5.82. The molecule has 98 valence electrons. The van der Waals surface area contributed by atoms with Crippen LogP contribution < -0.4 is 10.1 Å². The molecule has 1 atom stereocenters. The summed E-state index contributed by atoms with van der Waals surface area (Å²) in [6, 6.07) is 1.96. The van der Waals surface area contributed by atoms with E-state index < -0.39 is 0 Å². The van der Waals surface area contributed by atoms with Crippen molar-refractivity contribution in [1.29, 1.82) is 0 Å². The molecule has 0 aliphatic carbocycles. The summed E-state index contributed by atoms with van der Waals surface area (Å²) in [6.45, 7) is 1.90. The van der Waals surface area contributed by atoms with E-state index in [0.717, 1.165) is 25.9 Å². The van der Waals surface area contributed by atoms with Crippen LogP contribution in [0.25, 0.3) is 0 Å². The molecule has 18 heavy (non-hydrogen) atoms. The maximum absolute atomic E-state index is 12.4. The summed E-state index contributed by atoms with van der Waals surface area (Å²) in [5.41, 5.74) is 0.570. The zero-order valence-corrected chi connectivity index (χ0v) is 10.8. The van der Waals surface area contributed by atoms with Crippen molar-refractivity contribution in [3.8, 4) is 5.75 Å². The van der Waals surface area contributed by atoms with E-state index in [1.807, 2.05) is 7.05 Å². The number of nitrogens with one attached hydrogen (secondary N) is 1. The van der Waals surface area contributed by atoms with Gasteiger partial charge in [0.05, 0.1) is 18.9 Å². The lowest BCUT2D eigenvalue weighted by Gasteiger charge is -2.32. The van der Waals surface area contributed by atoms with Crippen LogP contribution in [-0.2, 0) is 0 Å². The van der Waals surface area contributed by atoms with E-state index >= 15 is 0 Å². The van der Waals surface area contributed by atoms with E-state index in [1.54, 1.807) is 30.5 Å². The van der Waals surface area contributed by atoms with Gasteiger partial charge >= 0.3 is 0 Å². The molecule has 5 heteroatoms. The molecule has 0 spiro atoms. The van der Waals surface area contributed by atoms with Gasteiger partial charge in [0.15, 0.2) is 0 Å². The van der Waals surface area contributed by atoms with E-state index in [1.165, 1.54) is 0 Å². The minimum absolute atomic E-state index is 0.0112. The number of methoxy groups -OCH3 is 1. The van der Waals surface area contributed by atoms with Gasteiger partial charge in [0.2, 0.25) is 0 Å². The second-order valence-corrected chi connectivity index (χ2v) is 4.49. The Morgan fingerprint density at radius 3 is 3.11 bits per heavy atom. The molecule has 1 amide bonds. The fraction of sp³-hybridized carbons (Fsp3) is 0.538. The maximum Gasteiger partial charge on any atom is 0.257 e. The molecule has 1 saturated heterocycles. The van der Waals surface area contributed by atoms with Crippen LogP contribution in [0.4, 0.5) is 0 Å². The van der Waals surface area contributed by atoms with Gasteiger partial charge in [0.25, 0.3) is 5.91 Å². The van der Waals surface area contributed by atoms with Crippen LogP contribution in [0.1, 0.15) is 23.2 Å². The molecule has 0 bridgehead atoms. The first-order valence-electron chi connectivity index (χ1n) is 6.20. The molecule has 1 aliphatic rings. The quantitative estimate of drug-likeness (QED) is 0.865. The van der Waals surface area contributed by atoms with Crippen molar-refractivity contribution in [2.75, 3.05) is 27.2 Å². The zero-order chi connectivity index (χ0) is 13.0. The summed E-state index contributed by atoms with van der Waals surface area (Å²) in [4.78, 5) is 18.2. The number of carbonyl (C=O) groups is 1. The number of amides is 1. The number of carbonyl (C=O) groups excluding carboxylic acids is 1. The summed E-state index contributed by atoms with van der Waals surface area (Å²) in [5, 5.41) is 3.31. The predicted octanol–water partition coefficient (Wildman–Crippen LogP) is 0.914. The molecule has 1 unspecified atom stereocenters. The van der Waals surface area contributed by atoms with Gasteiger partial charge in [-0.15, -0.1) is 0 Å². The number of piperidine rings is 1. The van der Waals surface area contributed by atoms with E-state index in [9.17, 15) is 4.79 Å². The minimum atomic E-state index is -0.0112. The third kappa shape index (κ3) is 2.61. The van der Waals surface area contributed by atoms with Gasteiger partial charge in [0, 0.05) is 25.8 Å². The second-order valence-electron chi connectivity index (χ2n) is 4.49. The highest BCUT2D eigenvalue weighted by Crippen LogP contribution is 2.19. The highest BCUT2D eigenvalue weighted by atomic mass is 16.5. The number of likely N-dealkylation sites (N-methyl/N-ethyl adjacent to an activating group) is 1. The smallest absolute Gasteiger partial charge is 0.257 e. The monoisotopic (exact) mass is 249 g/mol. The van der Waals surface area contributed by atoms with Crippen LogP contribution in [0.2, 0.25) is 0 Å². The molecule has 1 N–H and O–H groups in total. The largest absolute Gasteiger partial charge is 0.494 e. The molecule has 0 aromatic carbocycles. The lowest BCUT2D eigenvalue weighted by Crippen LogP contribution is -2.46. The Hall–Kier alpha value is -1.62. The van der Waals surface area contributed by atoms with E-state index in [2.05, 4.69) is 10.3 Å². The number of hydrogen-bond acceptors (Lipinski definition) is 4. The lowest BCUT2D eigenvalue weighted by molar-refractivity contribution is 0.0704. The highest BCUT2D eigenvalue weighted by molar-refractivity contribution is 5.96. The SMILES string of the molecule is COc1cnccc1C(=O)N(C)C1CCCNC1. The molecule has 5 nitrogen and oxygen atoms in total. The van der Waals surface area contributed by atoms with Crippen molar-refractivity contribution in [2.24, 2.45) is 0 Å². The van der Waals surface area contributed by atoms with Crippen LogP contribution in [0, 0.1) is 0 Å². The van der Waals surface area contributed by atoms with Crippen molar-refractivity contribution in [3.63, 3.8) is 0 Å². The molecule has 1 fully saturated rings.